The minimum atomic E-state index is -4.96. The molecule has 100 heavy (non-hydrogen) atoms. The van der Waals surface area contributed by atoms with Crippen molar-refractivity contribution in [1.82, 2.24) is 0 Å². The molecule has 19 heteroatoms. The van der Waals surface area contributed by atoms with Gasteiger partial charge in [0, 0.05) is 25.7 Å². The van der Waals surface area contributed by atoms with Crippen LogP contribution >= 0.6 is 15.6 Å². The maximum Gasteiger partial charge on any atom is 0.472 e. The second-order valence-corrected chi connectivity index (χ2v) is 32.1. The van der Waals surface area contributed by atoms with Gasteiger partial charge in [-0.3, -0.25) is 37.3 Å². The molecule has 17 nitrogen and oxygen atoms in total. The number of hydrogen-bond donors (Lipinski definition) is 3. The summed E-state index contributed by atoms with van der Waals surface area (Å²) in [5.74, 6) is -2.10. The fourth-order valence-corrected chi connectivity index (χ4v) is 14.2. The van der Waals surface area contributed by atoms with E-state index in [-0.39, 0.29) is 25.7 Å². The number of carbonyl (C=O) groups is 4. The van der Waals surface area contributed by atoms with Crippen molar-refractivity contribution in [2.24, 2.45) is 0 Å². The lowest BCUT2D eigenvalue weighted by molar-refractivity contribution is -0.161. The van der Waals surface area contributed by atoms with E-state index in [1.165, 1.54) is 270 Å². The third-order valence-electron chi connectivity index (χ3n) is 19.1. The van der Waals surface area contributed by atoms with E-state index in [0.717, 1.165) is 89.9 Å². The van der Waals surface area contributed by atoms with Gasteiger partial charge >= 0.3 is 39.5 Å². The molecule has 0 spiro atoms. The highest BCUT2D eigenvalue weighted by molar-refractivity contribution is 7.47. The van der Waals surface area contributed by atoms with Crippen LogP contribution in [0.3, 0.4) is 0 Å². The molecule has 0 rings (SSSR count). The Kier molecular flexibility index (Phi) is 73.8. The minimum Gasteiger partial charge on any atom is -0.462 e. The Morgan fingerprint density at radius 3 is 0.590 bits per heavy atom. The maximum atomic E-state index is 13.1. The number of aliphatic hydroxyl groups excluding tert-OH is 1. The number of carbonyl (C=O) groups excluding carboxylic acids is 4. The molecule has 3 N–H and O–H groups in total. The lowest BCUT2D eigenvalue weighted by atomic mass is 10.0. The van der Waals surface area contributed by atoms with Gasteiger partial charge in [-0.15, -0.1) is 0 Å². The number of phosphoric ester groups is 2. The Morgan fingerprint density at radius 2 is 0.400 bits per heavy atom. The first-order chi connectivity index (χ1) is 48.7. The second-order valence-electron chi connectivity index (χ2n) is 29.2. The zero-order chi connectivity index (χ0) is 73.2. The second kappa shape index (κ2) is 75.3. The molecule has 0 bridgehead atoms. The van der Waals surface area contributed by atoms with Crippen molar-refractivity contribution in [1.29, 1.82) is 0 Å². The van der Waals surface area contributed by atoms with Crippen LogP contribution in [0.15, 0.2) is 0 Å². The van der Waals surface area contributed by atoms with Crippen LogP contribution in [0.25, 0.3) is 0 Å². The zero-order valence-electron chi connectivity index (χ0n) is 65.2. The number of ether oxygens (including phenoxy) is 4. The van der Waals surface area contributed by atoms with Gasteiger partial charge in [0.1, 0.15) is 19.3 Å². The highest BCUT2D eigenvalue weighted by Gasteiger charge is 2.30. The van der Waals surface area contributed by atoms with Crippen LogP contribution in [0.2, 0.25) is 0 Å². The van der Waals surface area contributed by atoms with E-state index in [0.29, 0.717) is 25.7 Å². The molecule has 0 saturated carbocycles. The topological polar surface area (TPSA) is 237 Å². The van der Waals surface area contributed by atoms with Gasteiger partial charge in [-0.1, -0.05) is 387 Å². The normalized spacial score (nSPS) is 13.8. The standard InChI is InChI=1S/C81H158O17P2/c1-5-9-13-17-21-25-29-32-34-36-37-38-39-40-41-43-45-48-52-56-60-64-68-81(86)98-77(72-92-79(84)66-62-58-54-50-47-44-42-35-33-30-26-22-18-14-10-6-2)74-96-100(89,90)94-70-75(82)69-93-99(87,88)95-73-76(71-91-78(83)65-61-57-53-49-28-24-20-16-12-8-4)97-80(85)67-63-59-55-51-46-31-27-23-19-15-11-7-3/h75-77,82H,5-74H2,1-4H3,(H,87,88)(H,89,90)/t75-,76+,77+/m0/s1. The first-order valence-electron chi connectivity index (χ1n) is 42.3. The van der Waals surface area contributed by atoms with Crippen LogP contribution < -0.4 is 0 Å². The maximum absolute atomic E-state index is 13.1. The van der Waals surface area contributed by atoms with Crippen LogP contribution in [0.4, 0.5) is 0 Å². The molecular formula is C81H158O17P2. The third-order valence-corrected chi connectivity index (χ3v) is 21.0. The van der Waals surface area contributed by atoms with Crippen molar-refractivity contribution in [3.8, 4) is 0 Å². The van der Waals surface area contributed by atoms with Crippen LogP contribution in [-0.2, 0) is 65.4 Å². The summed E-state index contributed by atoms with van der Waals surface area (Å²) in [6, 6.07) is 0. The van der Waals surface area contributed by atoms with Crippen LogP contribution in [0.5, 0.6) is 0 Å². The van der Waals surface area contributed by atoms with Crippen molar-refractivity contribution in [2.45, 2.75) is 457 Å². The largest absolute Gasteiger partial charge is 0.472 e. The average molecular weight is 1470 g/mol. The van der Waals surface area contributed by atoms with Gasteiger partial charge < -0.3 is 33.8 Å². The van der Waals surface area contributed by atoms with E-state index in [4.69, 9.17) is 37.0 Å². The Bertz CT molecular complexity index is 1890. The smallest absolute Gasteiger partial charge is 0.462 e. The SMILES string of the molecule is CCCCCCCCCCCCCCCCCCCCCCCCC(=O)O[C@H](COC(=O)CCCCCCCCCCCCCCCCCC)COP(=O)(O)OC[C@@H](O)COP(=O)(O)OC[C@@H](COC(=O)CCCCCCCCCCCC)OC(=O)CCCCCCCCCCCCCC. The van der Waals surface area contributed by atoms with Crippen molar-refractivity contribution in [3.63, 3.8) is 0 Å². The van der Waals surface area contributed by atoms with E-state index < -0.39 is 97.5 Å². The molecule has 0 aliphatic carbocycles. The van der Waals surface area contributed by atoms with Crippen molar-refractivity contribution in [3.05, 3.63) is 0 Å². The first-order valence-corrected chi connectivity index (χ1v) is 45.3. The molecule has 594 valence electrons. The van der Waals surface area contributed by atoms with Crippen molar-refractivity contribution >= 4 is 39.5 Å². The first kappa shape index (κ1) is 98.1. The molecular weight excluding hydrogens is 1310 g/mol. The quantitative estimate of drug-likeness (QED) is 0.0222. The fourth-order valence-electron chi connectivity index (χ4n) is 12.6. The Morgan fingerprint density at radius 1 is 0.240 bits per heavy atom. The minimum absolute atomic E-state index is 0.108. The molecule has 0 aliphatic heterocycles. The summed E-state index contributed by atoms with van der Waals surface area (Å²) in [4.78, 5) is 73.0. The van der Waals surface area contributed by atoms with Gasteiger partial charge in [-0.05, 0) is 25.7 Å². The molecule has 0 radical (unpaired) electrons. The number of phosphoric acid groups is 2. The van der Waals surface area contributed by atoms with Crippen LogP contribution in [0, 0.1) is 0 Å². The Balaban J connectivity index is 5.19. The Labute approximate surface area is 613 Å². The molecule has 0 heterocycles. The number of rotatable bonds is 82. The van der Waals surface area contributed by atoms with E-state index in [1.807, 2.05) is 0 Å². The summed E-state index contributed by atoms with van der Waals surface area (Å²) in [5, 5.41) is 10.6. The number of unbranched alkanes of at least 4 members (excludes halogenated alkanes) is 56. The monoisotopic (exact) mass is 1470 g/mol. The molecule has 0 saturated heterocycles. The summed E-state index contributed by atoms with van der Waals surface area (Å²) >= 11 is 0. The molecule has 0 aromatic carbocycles. The van der Waals surface area contributed by atoms with Crippen LogP contribution in [-0.4, -0.2) is 96.7 Å². The molecule has 0 fully saturated rings. The summed E-state index contributed by atoms with van der Waals surface area (Å²) in [5.41, 5.74) is 0. The number of hydrogen-bond acceptors (Lipinski definition) is 15. The predicted octanol–water partition coefficient (Wildman–Crippen LogP) is 24.6. The lowest BCUT2D eigenvalue weighted by Gasteiger charge is -2.21. The van der Waals surface area contributed by atoms with Gasteiger partial charge in [-0.25, -0.2) is 9.13 Å². The molecule has 0 aliphatic rings. The van der Waals surface area contributed by atoms with E-state index >= 15 is 0 Å². The molecule has 0 amide bonds. The highest BCUT2D eigenvalue weighted by atomic mass is 31.2. The summed E-state index contributed by atoms with van der Waals surface area (Å²) in [6.07, 6.45) is 68.0. The van der Waals surface area contributed by atoms with Gasteiger partial charge in [0.05, 0.1) is 26.4 Å². The molecule has 2 unspecified atom stereocenters. The van der Waals surface area contributed by atoms with Gasteiger partial charge in [0.15, 0.2) is 12.2 Å². The summed E-state index contributed by atoms with van der Waals surface area (Å²) < 4.78 is 68.7. The molecule has 0 aromatic rings. The number of esters is 4. The van der Waals surface area contributed by atoms with Gasteiger partial charge in [0.2, 0.25) is 0 Å². The van der Waals surface area contributed by atoms with E-state index in [2.05, 4.69) is 27.7 Å². The van der Waals surface area contributed by atoms with Crippen molar-refractivity contribution in [2.75, 3.05) is 39.6 Å². The summed E-state index contributed by atoms with van der Waals surface area (Å²) in [6.45, 7) is 5.01. The third kappa shape index (κ3) is 74.3. The fraction of sp³-hybridized carbons (Fsp3) is 0.951. The lowest BCUT2D eigenvalue weighted by Crippen LogP contribution is -2.30. The zero-order valence-corrected chi connectivity index (χ0v) is 67.0. The van der Waals surface area contributed by atoms with Gasteiger partial charge in [0.25, 0.3) is 0 Å². The average Bonchev–Trinajstić information content (AvgIpc) is 0.973. The van der Waals surface area contributed by atoms with Crippen LogP contribution in [0.1, 0.15) is 439 Å². The van der Waals surface area contributed by atoms with E-state index in [1.54, 1.807) is 0 Å². The molecule has 5 atom stereocenters. The summed E-state index contributed by atoms with van der Waals surface area (Å²) in [7, 11) is -9.91. The highest BCUT2D eigenvalue weighted by Crippen LogP contribution is 2.45. The van der Waals surface area contributed by atoms with Crippen molar-refractivity contribution < 1.29 is 80.2 Å². The molecule has 0 aromatic heterocycles. The number of aliphatic hydroxyl groups is 1. The van der Waals surface area contributed by atoms with E-state index in [9.17, 15) is 43.2 Å². The van der Waals surface area contributed by atoms with Gasteiger partial charge in [-0.2, -0.15) is 0 Å². The predicted molar refractivity (Wildman–Crippen MR) is 409 cm³/mol. The Hall–Kier alpha value is -1.94.